The Morgan fingerprint density at radius 2 is 1.91 bits per heavy atom. The second kappa shape index (κ2) is 7.89. The fraction of sp³-hybridized carbons (Fsp3) is 0.217. The topological polar surface area (TPSA) is 89.9 Å². The molecule has 3 aromatic rings. The van der Waals surface area contributed by atoms with Gasteiger partial charge in [0.05, 0.1) is 11.1 Å². The third-order valence-electron chi connectivity index (χ3n) is 5.94. The van der Waals surface area contributed by atoms with Crippen molar-refractivity contribution in [3.8, 4) is 0 Å². The van der Waals surface area contributed by atoms with Gasteiger partial charge in [-0.3, -0.25) is 19.6 Å². The number of amides is 1. The first-order valence-electron chi connectivity index (χ1n) is 10.2. The third kappa shape index (κ3) is 3.19. The first-order chi connectivity index (χ1) is 15.5. The van der Waals surface area contributed by atoms with Crippen LogP contribution in [0.3, 0.4) is 0 Å². The monoisotopic (exact) mass is 449 g/mol. The Morgan fingerprint density at radius 1 is 1.12 bits per heavy atom. The van der Waals surface area contributed by atoms with Gasteiger partial charge in [-0.2, -0.15) is 0 Å². The lowest BCUT2D eigenvalue weighted by Crippen LogP contribution is -2.68. The molecule has 2 aliphatic heterocycles. The van der Waals surface area contributed by atoms with Gasteiger partial charge in [0, 0.05) is 35.6 Å². The molecule has 1 amide bonds. The molecule has 1 aromatic carbocycles. The first-order valence-corrected chi connectivity index (χ1v) is 10.5. The van der Waals surface area contributed by atoms with Crippen LogP contribution in [0.4, 0.5) is 5.82 Å². The van der Waals surface area contributed by atoms with E-state index in [-0.39, 0.29) is 18.6 Å². The Bertz CT molecular complexity index is 1230. The second-order valence-corrected chi connectivity index (χ2v) is 8.17. The predicted molar refractivity (Wildman–Crippen MR) is 119 cm³/mol. The zero-order valence-corrected chi connectivity index (χ0v) is 17.9. The number of benzene rings is 1. The fourth-order valence-electron chi connectivity index (χ4n) is 4.19. The van der Waals surface area contributed by atoms with Crippen molar-refractivity contribution in [2.24, 2.45) is 0 Å². The van der Waals surface area contributed by atoms with Crippen LogP contribution in [0, 0.1) is 0 Å². The number of Topliss-reactive ketones (excluding diaryl/α,β-unsaturated/α-hetero) is 1. The molecule has 0 radical (unpaired) electrons. The summed E-state index contributed by atoms with van der Waals surface area (Å²) in [5, 5.41) is 15.4. The number of aromatic nitrogens is 2. The van der Waals surface area contributed by atoms with E-state index in [4.69, 9.17) is 11.6 Å². The summed E-state index contributed by atoms with van der Waals surface area (Å²) in [6, 6.07) is 9.88. The molecule has 0 spiro atoms. The van der Waals surface area contributed by atoms with Gasteiger partial charge < -0.3 is 10.0 Å². The van der Waals surface area contributed by atoms with Crippen LogP contribution < -0.4 is 5.01 Å². The van der Waals surface area contributed by atoms with Crippen LogP contribution in [-0.4, -0.2) is 55.5 Å². The summed E-state index contributed by atoms with van der Waals surface area (Å²) in [5.74, 6) is -0.444. The molecule has 9 heteroatoms. The molecule has 1 N–H and O–H groups in total. The molecular weight excluding hydrogens is 430 g/mol. The van der Waals surface area contributed by atoms with Crippen molar-refractivity contribution in [3.63, 3.8) is 0 Å². The van der Waals surface area contributed by atoms with Crippen molar-refractivity contribution in [1.29, 1.82) is 0 Å². The van der Waals surface area contributed by atoms with Crippen LogP contribution in [0.5, 0.6) is 0 Å². The molecule has 1 fully saturated rings. The van der Waals surface area contributed by atoms with Crippen LogP contribution in [0.25, 0.3) is 10.8 Å². The average molecular weight is 450 g/mol. The Hall–Kier alpha value is -3.49. The molecule has 2 aromatic heterocycles. The number of carbonyl (C=O) groups is 2. The number of fused-ring (bicyclic) bond motifs is 2. The van der Waals surface area contributed by atoms with Gasteiger partial charge in [0.15, 0.2) is 17.6 Å². The molecule has 4 heterocycles. The summed E-state index contributed by atoms with van der Waals surface area (Å²) in [7, 11) is 0. The highest BCUT2D eigenvalue weighted by atomic mass is 35.5. The summed E-state index contributed by atoms with van der Waals surface area (Å²) >= 11 is 6.34. The molecule has 1 saturated heterocycles. The number of rotatable bonds is 3. The van der Waals surface area contributed by atoms with Gasteiger partial charge >= 0.3 is 0 Å². The molecule has 2 unspecified atom stereocenters. The van der Waals surface area contributed by atoms with E-state index >= 15 is 0 Å². The highest BCUT2D eigenvalue weighted by Gasteiger charge is 2.48. The van der Waals surface area contributed by atoms with E-state index < -0.39 is 17.9 Å². The fourth-order valence-corrected chi connectivity index (χ4v) is 4.40. The molecule has 3 atom stereocenters. The van der Waals surface area contributed by atoms with E-state index in [0.29, 0.717) is 16.2 Å². The van der Waals surface area contributed by atoms with E-state index in [9.17, 15) is 14.7 Å². The Morgan fingerprint density at radius 3 is 2.69 bits per heavy atom. The molecule has 0 saturated carbocycles. The van der Waals surface area contributed by atoms with Crippen molar-refractivity contribution in [3.05, 3.63) is 77.9 Å². The van der Waals surface area contributed by atoms with Crippen molar-refractivity contribution < 1.29 is 14.7 Å². The van der Waals surface area contributed by atoms with Gasteiger partial charge in [-0.25, -0.2) is 9.99 Å². The molecular formula is C23H20ClN5O3. The second-order valence-electron chi connectivity index (χ2n) is 7.76. The van der Waals surface area contributed by atoms with E-state index in [1.165, 1.54) is 11.1 Å². The molecule has 5 rings (SSSR count). The largest absolute Gasteiger partial charge is 0.381 e. The molecule has 2 aliphatic rings. The molecule has 162 valence electrons. The highest BCUT2D eigenvalue weighted by molar-refractivity contribution is 6.35. The maximum absolute atomic E-state index is 13.5. The van der Waals surface area contributed by atoms with Crippen LogP contribution >= 0.6 is 11.6 Å². The molecule has 8 nitrogen and oxygen atoms in total. The van der Waals surface area contributed by atoms with Gasteiger partial charge in [0.25, 0.3) is 5.91 Å². The summed E-state index contributed by atoms with van der Waals surface area (Å²) < 4.78 is 0. The number of halogens is 1. The van der Waals surface area contributed by atoms with Gasteiger partial charge in [0.1, 0.15) is 12.8 Å². The maximum atomic E-state index is 13.5. The van der Waals surface area contributed by atoms with Crippen molar-refractivity contribution in [2.45, 2.75) is 25.1 Å². The van der Waals surface area contributed by atoms with Crippen LogP contribution in [0.1, 0.15) is 18.5 Å². The molecule has 0 aliphatic carbocycles. The number of carbonyl (C=O) groups excluding carboxylic acids is 2. The minimum absolute atomic E-state index is 0.151. The number of aliphatic hydroxyl groups is 1. The summed E-state index contributed by atoms with van der Waals surface area (Å²) in [4.78, 5) is 36.7. The van der Waals surface area contributed by atoms with Crippen LogP contribution in [-0.2, 0) is 9.59 Å². The van der Waals surface area contributed by atoms with Crippen LogP contribution in [0.2, 0.25) is 5.02 Å². The number of ketones is 1. The van der Waals surface area contributed by atoms with Gasteiger partial charge in [-0.1, -0.05) is 41.9 Å². The van der Waals surface area contributed by atoms with E-state index in [1.807, 2.05) is 37.3 Å². The number of aliphatic hydroxyl groups excluding tert-OH is 1. The van der Waals surface area contributed by atoms with E-state index in [2.05, 4.69) is 9.97 Å². The number of hydrogen-bond acceptors (Lipinski definition) is 7. The van der Waals surface area contributed by atoms with Gasteiger partial charge in [-0.05, 0) is 24.6 Å². The van der Waals surface area contributed by atoms with Crippen molar-refractivity contribution in [1.82, 2.24) is 19.9 Å². The number of nitrogens with zero attached hydrogens (tertiary/aromatic N) is 5. The average Bonchev–Trinajstić information content (AvgIpc) is 2.82. The number of anilines is 1. The lowest BCUT2D eigenvalue weighted by atomic mass is 9.99. The van der Waals surface area contributed by atoms with E-state index in [0.717, 1.165) is 10.9 Å². The summed E-state index contributed by atoms with van der Waals surface area (Å²) in [6.45, 7) is 2.06. The molecule has 0 bridgehead atoms. The number of hydrogen-bond donors (Lipinski definition) is 1. The molecule has 32 heavy (non-hydrogen) atoms. The normalized spacial score (nSPS) is 21.8. The Balaban J connectivity index is 1.65. The summed E-state index contributed by atoms with van der Waals surface area (Å²) in [5.41, 5.74) is 0.934. The number of hydrazine groups is 1. The Kier molecular flexibility index (Phi) is 5.03. The van der Waals surface area contributed by atoms with Crippen molar-refractivity contribution >= 4 is 39.9 Å². The van der Waals surface area contributed by atoms with Crippen LogP contribution in [0.15, 0.2) is 67.3 Å². The smallest absolute Gasteiger partial charge is 0.257 e. The number of pyridine rings is 2. The van der Waals surface area contributed by atoms with Crippen molar-refractivity contribution in [2.75, 3.05) is 11.7 Å². The lowest BCUT2D eigenvalue weighted by Gasteiger charge is -2.50. The lowest BCUT2D eigenvalue weighted by molar-refractivity contribution is -0.152. The predicted octanol–water partition coefficient (Wildman–Crippen LogP) is 2.69. The Labute approximate surface area is 189 Å². The summed E-state index contributed by atoms with van der Waals surface area (Å²) in [6.07, 6.45) is 6.42. The van der Waals surface area contributed by atoms with Gasteiger partial charge in [0.2, 0.25) is 0 Å². The van der Waals surface area contributed by atoms with E-state index in [1.54, 1.807) is 40.8 Å². The quantitative estimate of drug-likeness (QED) is 0.615. The zero-order valence-electron chi connectivity index (χ0n) is 17.2. The third-order valence-corrected chi connectivity index (χ3v) is 6.24. The maximum Gasteiger partial charge on any atom is 0.257 e. The zero-order chi connectivity index (χ0) is 22.4. The first kappa shape index (κ1) is 20.4. The SMILES string of the molecule is C[C@@H](c1ccccc1)N1CN(c2ncc(Cl)c3ccncc23)N2C=CC(O)C(=O)C2C1=O. The standard InChI is InChI=1S/C23H20ClN5O3/c1-14(15-5-3-2-4-6-15)27-13-29(28-10-8-19(30)21(31)20(28)23(27)32)22-17-11-25-9-7-16(17)18(24)12-26-22/h2-12,14,19-20,30H,13H2,1H3/t14-,19?,20?/m0/s1. The minimum atomic E-state index is -1.34. The van der Waals surface area contributed by atoms with Gasteiger partial charge in [-0.15, -0.1) is 0 Å². The highest BCUT2D eigenvalue weighted by Crippen LogP contribution is 2.35. The minimum Gasteiger partial charge on any atom is -0.381 e.